The molecular weight excluding hydrogens is 531 g/mol. The van der Waals surface area contributed by atoms with Crippen molar-refractivity contribution >= 4 is 28.9 Å². The van der Waals surface area contributed by atoms with E-state index < -0.39 is 17.6 Å². The third-order valence-electron chi connectivity index (χ3n) is 8.77. The molecule has 1 saturated heterocycles. The van der Waals surface area contributed by atoms with E-state index in [0.717, 1.165) is 56.3 Å². The van der Waals surface area contributed by atoms with Gasteiger partial charge in [-0.2, -0.15) is 13.2 Å². The van der Waals surface area contributed by atoms with Crippen molar-refractivity contribution in [1.82, 2.24) is 0 Å². The Labute approximate surface area is 231 Å². The van der Waals surface area contributed by atoms with Gasteiger partial charge in [0.25, 0.3) is 0 Å². The molecule has 5 rings (SSSR count). The van der Waals surface area contributed by atoms with Gasteiger partial charge in [0.1, 0.15) is 10.3 Å². The van der Waals surface area contributed by atoms with Crippen molar-refractivity contribution in [3.8, 4) is 11.8 Å². The van der Waals surface area contributed by atoms with Gasteiger partial charge in [-0.1, -0.05) is 18.8 Å². The van der Waals surface area contributed by atoms with Gasteiger partial charge in [-0.25, -0.2) is 4.79 Å². The molecule has 1 aromatic rings. The predicted octanol–water partition coefficient (Wildman–Crippen LogP) is 6.42. The zero-order valence-corrected chi connectivity index (χ0v) is 23.0. The molecule has 3 saturated carbocycles. The van der Waals surface area contributed by atoms with Crippen molar-refractivity contribution < 1.29 is 37.3 Å². The number of carbonyl (C=O) groups is 2. The number of halogens is 3. The molecule has 0 radical (unpaired) electrons. The van der Waals surface area contributed by atoms with Crippen LogP contribution in [0.4, 0.5) is 18.9 Å². The minimum Gasteiger partial charge on any atom is -0.477 e. The standard InChI is InChI=1S/C29H36F3NO5S/c1-18-2-4-19(5-3-18)26(34)33(20-6-8-21(9-7-20)38-22-11-15-37-17-22)24-16-23(39-25(24)27(35)36)10-12-28(13-14-28)29(30,31)32/h16,18-22H,2-9,11,13-15,17H2,1H3,(H,35,36)/t18-,19-,20-,21+,22?. The van der Waals surface area contributed by atoms with Crippen molar-refractivity contribution in [3.05, 3.63) is 15.8 Å². The van der Waals surface area contributed by atoms with Crippen LogP contribution in [0.2, 0.25) is 0 Å². The highest BCUT2D eigenvalue weighted by atomic mass is 32.1. The van der Waals surface area contributed by atoms with Crippen LogP contribution in [0.5, 0.6) is 0 Å². The second-order valence-electron chi connectivity index (χ2n) is 11.7. The van der Waals surface area contributed by atoms with Gasteiger partial charge in [0.05, 0.1) is 29.4 Å². The molecule has 1 N–H and O–H groups in total. The number of hydrogen-bond acceptors (Lipinski definition) is 5. The quantitative estimate of drug-likeness (QED) is 0.402. The Morgan fingerprint density at radius 2 is 1.77 bits per heavy atom. The van der Waals surface area contributed by atoms with Crippen molar-refractivity contribution in [3.63, 3.8) is 0 Å². The van der Waals surface area contributed by atoms with Crippen molar-refractivity contribution in [1.29, 1.82) is 0 Å². The molecule has 4 fully saturated rings. The number of carboxylic acids is 1. The van der Waals surface area contributed by atoms with Crippen LogP contribution >= 0.6 is 11.3 Å². The zero-order valence-electron chi connectivity index (χ0n) is 22.2. The highest BCUT2D eigenvalue weighted by Crippen LogP contribution is 2.57. The third-order valence-corrected chi connectivity index (χ3v) is 9.80. The molecule has 10 heteroatoms. The first-order valence-corrected chi connectivity index (χ1v) is 14.9. The SMILES string of the molecule is C[C@H]1CC[C@H](C(=O)N(c2cc(C#CC3(C(F)(F)F)CC3)sc2C(=O)O)[C@H]2CC[C@@H](OC3CCOC3)CC2)CC1. The van der Waals surface area contributed by atoms with E-state index >= 15 is 0 Å². The van der Waals surface area contributed by atoms with Crippen molar-refractivity contribution in [2.75, 3.05) is 18.1 Å². The van der Waals surface area contributed by atoms with E-state index in [-0.39, 0.29) is 58.4 Å². The Hall–Kier alpha value is -2.09. The van der Waals surface area contributed by atoms with Crippen LogP contribution in [0.25, 0.3) is 0 Å². The minimum atomic E-state index is -4.42. The minimum absolute atomic E-state index is 0.0451. The summed E-state index contributed by atoms with van der Waals surface area (Å²) in [6.45, 7) is 3.48. The summed E-state index contributed by atoms with van der Waals surface area (Å²) in [7, 11) is 0. The monoisotopic (exact) mass is 567 g/mol. The summed E-state index contributed by atoms with van der Waals surface area (Å²) in [5.41, 5.74) is -1.73. The predicted molar refractivity (Wildman–Crippen MR) is 141 cm³/mol. The lowest BCUT2D eigenvalue weighted by atomic mass is 9.81. The fourth-order valence-corrected chi connectivity index (χ4v) is 6.93. The van der Waals surface area contributed by atoms with Gasteiger partial charge in [-0.3, -0.25) is 4.79 Å². The first kappa shape index (κ1) is 28.4. The third kappa shape index (κ3) is 6.31. The van der Waals surface area contributed by atoms with Crippen LogP contribution in [0, 0.1) is 29.1 Å². The number of anilines is 1. The second-order valence-corrected chi connectivity index (χ2v) is 12.7. The zero-order chi connectivity index (χ0) is 27.8. The first-order valence-electron chi connectivity index (χ1n) is 14.1. The number of amides is 1. The van der Waals surface area contributed by atoms with Crippen LogP contribution in [0.1, 0.15) is 92.1 Å². The van der Waals surface area contributed by atoms with Crippen LogP contribution in [0.15, 0.2) is 6.07 Å². The molecule has 1 aliphatic heterocycles. The average molecular weight is 568 g/mol. The van der Waals surface area contributed by atoms with E-state index in [1.165, 1.54) is 6.07 Å². The summed E-state index contributed by atoms with van der Waals surface area (Å²) < 4.78 is 51.9. The number of aromatic carboxylic acids is 1. The maximum absolute atomic E-state index is 14.0. The van der Waals surface area contributed by atoms with E-state index in [9.17, 15) is 27.9 Å². The fraction of sp³-hybridized carbons (Fsp3) is 0.724. The van der Waals surface area contributed by atoms with Crippen molar-refractivity contribution in [2.24, 2.45) is 17.3 Å². The lowest BCUT2D eigenvalue weighted by molar-refractivity contribution is -0.168. The number of thiophene rings is 1. The molecule has 1 amide bonds. The maximum atomic E-state index is 14.0. The fourth-order valence-electron chi connectivity index (χ4n) is 6.09. The molecule has 4 aliphatic rings. The van der Waals surface area contributed by atoms with Gasteiger partial charge in [0.15, 0.2) is 0 Å². The molecule has 2 heterocycles. The van der Waals surface area contributed by atoms with Gasteiger partial charge in [-0.05, 0) is 82.6 Å². The summed E-state index contributed by atoms with van der Waals surface area (Å²) in [6.07, 6.45) is 2.76. The van der Waals surface area contributed by atoms with E-state index in [4.69, 9.17) is 9.47 Å². The molecule has 1 unspecified atom stereocenters. The second kappa shape index (κ2) is 11.4. The lowest BCUT2D eigenvalue weighted by Crippen LogP contribution is -2.47. The Bertz CT molecular complexity index is 1110. The molecule has 0 bridgehead atoms. The topological polar surface area (TPSA) is 76.1 Å². The van der Waals surface area contributed by atoms with Crippen LogP contribution < -0.4 is 4.90 Å². The Kier molecular flexibility index (Phi) is 8.33. The molecule has 3 aliphatic carbocycles. The summed E-state index contributed by atoms with van der Waals surface area (Å²) in [5.74, 6) is 4.07. The Balaban J connectivity index is 1.41. The summed E-state index contributed by atoms with van der Waals surface area (Å²) in [4.78, 5) is 28.2. The Morgan fingerprint density at radius 1 is 1.08 bits per heavy atom. The molecular formula is C29H36F3NO5S. The number of carboxylic acid groups (broad SMARTS) is 1. The molecule has 0 spiro atoms. The van der Waals surface area contributed by atoms with E-state index in [2.05, 4.69) is 18.8 Å². The highest BCUT2D eigenvalue weighted by molar-refractivity contribution is 7.15. The normalized spacial score (nSPS) is 30.3. The van der Waals surface area contributed by atoms with Gasteiger partial charge in [0, 0.05) is 18.6 Å². The number of carbonyl (C=O) groups excluding carboxylic acids is 1. The van der Waals surface area contributed by atoms with Gasteiger partial charge in [0.2, 0.25) is 5.91 Å². The number of hydrogen-bond donors (Lipinski definition) is 1. The molecule has 1 atom stereocenters. The van der Waals surface area contributed by atoms with Crippen LogP contribution in [-0.2, 0) is 14.3 Å². The van der Waals surface area contributed by atoms with Gasteiger partial charge in [-0.15, -0.1) is 11.3 Å². The number of ether oxygens (including phenoxy) is 2. The van der Waals surface area contributed by atoms with Crippen LogP contribution in [0.3, 0.4) is 0 Å². The van der Waals surface area contributed by atoms with Gasteiger partial charge >= 0.3 is 12.1 Å². The summed E-state index contributed by atoms with van der Waals surface area (Å²) in [5, 5.41) is 10.0. The van der Waals surface area contributed by atoms with Gasteiger partial charge < -0.3 is 19.5 Å². The number of rotatable bonds is 6. The van der Waals surface area contributed by atoms with Crippen molar-refractivity contribution in [2.45, 2.75) is 102 Å². The summed E-state index contributed by atoms with van der Waals surface area (Å²) in [6, 6.07) is 1.32. The van der Waals surface area contributed by atoms with E-state index in [0.29, 0.717) is 32.0 Å². The maximum Gasteiger partial charge on any atom is 0.405 e. The smallest absolute Gasteiger partial charge is 0.405 e. The van der Waals surface area contributed by atoms with Crippen LogP contribution in [-0.4, -0.2) is 54.6 Å². The average Bonchev–Trinajstić information content (AvgIpc) is 3.33. The molecule has 0 aromatic carbocycles. The van der Waals surface area contributed by atoms with E-state index in [1.807, 2.05) is 0 Å². The lowest BCUT2D eigenvalue weighted by Gasteiger charge is -2.39. The largest absolute Gasteiger partial charge is 0.477 e. The summed E-state index contributed by atoms with van der Waals surface area (Å²) >= 11 is 0.852. The number of nitrogens with zero attached hydrogens (tertiary/aromatic N) is 1. The first-order chi connectivity index (χ1) is 18.6. The molecule has 214 valence electrons. The molecule has 1 aromatic heterocycles. The molecule has 6 nitrogen and oxygen atoms in total. The Morgan fingerprint density at radius 3 is 2.33 bits per heavy atom. The highest BCUT2D eigenvalue weighted by Gasteiger charge is 2.62. The number of alkyl halides is 3. The van der Waals surface area contributed by atoms with E-state index in [1.54, 1.807) is 4.90 Å². The molecule has 39 heavy (non-hydrogen) atoms.